The van der Waals surface area contributed by atoms with Crippen LogP contribution in [0, 0.1) is 25.7 Å². The maximum atomic E-state index is 13.2. The molecule has 1 saturated carbocycles. The van der Waals surface area contributed by atoms with Gasteiger partial charge in [-0.3, -0.25) is 9.59 Å². The van der Waals surface area contributed by atoms with Crippen LogP contribution in [0.4, 0.5) is 13.2 Å². The zero-order valence-corrected chi connectivity index (χ0v) is 17.0. The van der Waals surface area contributed by atoms with Crippen molar-refractivity contribution in [1.82, 2.24) is 0 Å². The lowest BCUT2D eigenvalue weighted by Gasteiger charge is -2.19. The third kappa shape index (κ3) is 3.26. The molecule has 2 saturated heterocycles. The summed E-state index contributed by atoms with van der Waals surface area (Å²) in [7, 11) is 0. The number of fused-ring (bicyclic) bond motifs is 5. The molecule has 2 heterocycles. The molecule has 0 spiro atoms. The van der Waals surface area contributed by atoms with Crippen LogP contribution in [-0.2, 0) is 14.3 Å². The molecule has 4 nitrogen and oxygen atoms in total. The summed E-state index contributed by atoms with van der Waals surface area (Å²) in [6, 6.07) is 9.40. The second-order valence-corrected chi connectivity index (χ2v) is 8.68. The first-order valence-corrected chi connectivity index (χ1v) is 10.3. The fourth-order valence-corrected chi connectivity index (χ4v) is 5.66. The van der Waals surface area contributed by atoms with Crippen molar-refractivity contribution in [1.29, 1.82) is 0 Å². The van der Waals surface area contributed by atoms with E-state index in [4.69, 9.17) is 4.74 Å². The van der Waals surface area contributed by atoms with Gasteiger partial charge in [0.25, 0.3) is 0 Å². The van der Waals surface area contributed by atoms with E-state index in [2.05, 4.69) is 4.74 Å². The molecule has 0 N–H and O–H groups in total. The molecule has 3 aliphatic rings. The monoisotopic (exact) mass is 430 g/mol. The second-order valence-electron chi connectivity index (χ2n) is 8.68. The lowest BCUT2D eigenvalue weighted by atomic mass is 9.81. The Labute approximate surface area is 177 Å². The summed E-state index contributed by atoms with van der Waals surface area (Å²) >= 11 is 0. The first-order chi connectivity index (χ1) is 14.6. The van der Waals surface area contributed by atoms with Crippen molar-refractivity contribution in [2.75, 3.05) is 0 Å². The van der Waals surface area contributed by atoms with Crippen LogP contribution >= 0.6 is 0 Å². The van der Waals surface area contributed by atoms with Crippen molar-refractivity contribution in [2.24, 2.45) is 11.8 Å². The number of carbonyl (C=O) groups is 2. The number of Topliss-reactive ketones (excluding diaryl/α,β-unsaturated/α-hetero) is 2. The van der Waals surface area contributed by atoms with Crippen molar-refractivity contribution < 1.29 is 32.2 Å². The number of hydrogen-bond acceptors (Lipinski definition) is 4. The van der Waals surface area contributed by atoms with Gasteiger partial charge < -0.3 is 9.47 Å². The van der Waals surface area contributed by atoms with Gasteiger partial charge in [-0.25, -0.2) is 0 Å². The largest absolute Gasteiger partial charge is 0.573 e. The van der Waals surface area contributed by atoms with E-state index in [0.717, 1.165) is 40.7 Å². The maximum absolute atomic E-state index is 13.2. The second kappa shape index (κ2) is 6.92. The van der Waals surface area contributed by atoms with Crippen LogP contribution in [0.25, 0.3) is 11.1 Å². The SMILES string of the molecule is Cc1cc(-c2ccc(OC(F)(F)F)cc2)cc(C)c1C1C(=O)[C@@H]2C3CCC(O3)[C@@H]2C1=O. The van der Waals surface area contributed by atoms with Gasteiger partial charge in [0.15, 0.2) is 11.6 Å². The predicted molar refractivity (Wildman–Crippen MR) is 106 cm³/mol. The van der Waals surface area contributed by atoms with Gasteiger partial charge in [0.2, 0.25) is 0 Å². The minimum Gasteiger partial charge on any atom is -0.406 e. The number of halogens is 3. The zero-order chi connectivity index (χ0) is 22.1. The molecular weight excluding hydrogens is 409 g/mol. The van der Waals surface area contributed by atoms with Gasteiger partial charge in [-0.1, -0.05) is 24.3 Å². The first-order valence-electron chi connectivity index (χ1n) is 10.3. The summed E-state index contributed by atoms with van der Waals surface area (Å²) in [5.74, 6) is -1.75. The molecule has 0 aromatic heterocycles. The molecule has 3 fully saturated rings. The summed E-state index contributed by atoms with van der Waals surface area (Å²) in [5.41, 5.74) is 3.93. The molecule has 0 radical (unpaired) electrons. The van der Waals surface area contributed by atoms with E-state index >= 15 is 0 Å². The maximum Gasteiger partial charge on any atom is 0.573 e. The van der Waals surface area contributed by atoms with Crippen molar-refractivity contribution in [3.05, 3.63) is 53.1 Å². The van der Waals surface area contributed by atoms with E-state index in [-0.39, 0.29) is 41.4 Å². The van der Waals surface area contributed by atoms with Gasteiger partial charge in [-0.05, 0) is 66.6 Å². The van der Waals surface area contributed by atoms with Crippen LogP contribution < -0.4 is 4.74 Å². The molecule has 3 unspecified atom stereocenters. The van der Waals surface area contributed by atoms with E-state index in [1.165, 1.54) is 12.1 Å². The Hall–Kier alpha value is -2.67. The Morgan fingerprint density at radius 1 is 0.871 bits per heavy atom. The molecule has 7 heteroatoms. The highest BCUT2D eigenvalue weighted by atomic mass is 19.4. The van der Waals surface area contributed by atoms with Crippen molar-refractivity contribution in [3.63, 3.8) is 0 Å². The molecule has 5 atom stereocenters. The Morgan fingerprint density at radius 2 is 1.39 bits per heavy atom. The molecule has 2 aromatic carbocycles. The number of alkyl halides is 3. The minimum atomic E-state index is -4.74. The van der Waals surface area contributed by atoms with Gasteiger partial charge in [0.05, 0.1) is 24.0 Å². The lowest BCUT2D eigenvalue weighted by Crippen LogP contribution is -2.29. The number of ether oxygens (including phenoxy) is 2. The number of carbonyl (C=O) groups excluding carboxylic acids is 2. The highest BCUT2D eigenvalue weighted by Gasteiger charge is 2.63. The fraction of sp³-hybridized carbons (Fsp3) is 0.417. The van der Waals surface area contributed by atoms with Crippen molar-refractivity contribution >= 4 is 11.6 Å². The topological polar surface area (TPSA) is 52.6 Å². The molecule has 1 aliphatic carbocycles. The number of aryl methyl sites for hydroxylation is 2. The molecular formula is C24H21F3O4. The van der Waals surface area contributed by atoms with Crippen LogP contribution in [0.2, 0.25) is 0 Å². The minimum absolute atomic E-state index is 0.0326. The first kappa shape index (κ1) is 20.2. The Balaban J connectivity index is 1.45. The third-order valence-corrected chi connectivity index (χ3v) is 6.80. The van der Waals surface area contributed by atoms with E-state index < -0.39 is 12.3 Å². The number of hydrogen-bond donors (Lipinski definition) is 0. The van der Waals surface area contributed by atoms with Gasteiger partial charge in [-0.15, -0.1) is 13.2 Å². The normalized spacial score (nSPS) is 29.5. The molecule has 162 valence electrons. The Kier molecular flexibility index (Phi) is 4.52. The van der Waals surface area contributed by atoms with Crippen LogP contribution in [0.3, 0.4) is 0 Å². The molecule has 2 aliphatic heterocycles. The highest BCUT2D eigenvalue weighted by molar-refractivity contribution is 6.17. The van der Waals surface area contributed by atoms with Crippen LogP contribution in [0.1, 0.15) is 35.4 Å². The van der Waals surface area contributed by atoms with Crippen LogP contribution in [0.15, 0.2) is 36.4 Å². The summed E-state index contributed by atoms with van der Waals surface area (Å²) < 4.78 is 46.9. The smallest absolute Gasteiger partial charge is 0.406 e. The Bertz CT molecular complexity index is 1020. The van der Waals surface area contributed by atoms with E-state index in [9.17, 15) is 22.8 Å². The van der Waals surface area contributed by atoms with E-state index in [1.54, 1.807) is 12.1 Å². The molecule has 5 rings (SSSR count). The Morgan fingerprint density at radius 3 is 1.87 bits per heavy atom. The van der Waals surface area contributed by atoms with E-state index in [1.807, 2.05) is 26.0 Å². The summed E-state index contributed by atoms with van der Waals surface area (Å²) in [5, 5.41) is 0. The lowest BCUT2D eigenvalue weighted by molar-refractivity contribution is -0.274. The summed E-state index contributed by atoms with van der Waals surface area (Å²) in [6.07, 6.45) is -3.33. The van der Waals surface area contributed by atoms with Gasteiger partial charge in [0.1, 0.15) is 11.7 Å². The van der Waals surface area contributed by atoms with Crippen LogP contribution in [-0.4, -0.2) is 30.1 Å². The zero-order valence-electron chi connectivity index (χ0n) is 17.0. The fourth-order valence-electron chi connectivity index (χ4n) is 5.66. The van der Waals surface area contributed by atoms with E-state index in [0.29, 0.717) is 0 Å². The molecule has 31 heavy (non-hydrogen) atoms. The number of benzene rings is 2. The third-order valence-electron chi connectivity index (χ3n) is 6.80. The van der Waals surface area contributed by atoms with Crippen molar-refractivity contribution in [2.45, 2.75) is 51.2 Å². The number of rotatable bonds is 3. The predicted octanol–water partition coefficient (Wildman–Crippen LogP) is 4.90. The highest BCUT2D eigenvalue weighted by Crippen LogP contribution is 2.53. The van der Waals surface area contributed by atoms with Gasteiger partial charge >= 0.3 is 6.36 Å². The molecule has 2 bridgehead atoms. The standard InChI is InChI=1S/C24H21F3O4/c1-11-9-14(13-3-5-15(6-4-13)31-24(25,26)27)10-12(2)18(11)21-22(28)19-16-7-8-17(30-16)20(19)23(21)29/h3-6,9-10,16-17,19-21H,7-8H2,1-2H3/t16?,17?,19-,20+,21?. The quantitative estimate of drug-likeness (QED) is 0.650. The van der Waals surface area contributed by atoms with Crippen LogP contribution in [0.5, 0.6) is 5.75 Å². The number of ketones is 2. The van der Waals surface area contributed by atoms with Gasteiger partial charge in [-0.2, -0.15) is 0 Å². The molecule has 0 amide bonds. The molecule has 2 aromatic rings. The summed E-state index contributed by atoms with van der Waals surface area (Å²) in [6.45, 7) is 3.74. The summed E-state index contributed by atoms with van der Waals surface area (Å²) in [4.78, 5) is 26.4. The van der Waals surface area contributed by atoms with Crippen molar-refractivity contribution in [3.8, 4) is 16.9 Å². The average Bonchev–Trinajstić information content (AvgIpc) is 3.36. The average molecular weight is 430 g/mol. The van der Waals surface area contributed by atoms with Gasteiger partial charge in [0, 0.05) is 0 Å².